The van der Waals surface area contributed by atoms with E-state index in [1.165, 1.54) is 13.8 Å². The minimum atomic E-state index is -0.354. The van der Waals surface area contributed by atoms with Gasteiger partial charge in [0.1, 0.15) is 11.5 Å². The fourth-order valence-corrected chi connectivity index (χ4v) is 3.25. The van der Waals surface area contributed by atoms with Gasteiger partial charge >= 0.3 is 11.9 Å². The Morgan fingerprint density at radius 3 is 1.96 bits per heavy atom. The molecule has 2 aliphatic carbocycles. The molecular weight excluding hydrogens is 304 g/mol. The summed E-state index contributed by atoms with van der Waals surface area (Å²) in [4.78, 5) is 23.2. The number of aryl methyl sites for hydroxylation is 1. The lowest BCUT2D eigenvalue weighted by molar-refractivity contribution is -0.136. The summed E-state index contributed by atoms with van der Waals surface area (Å²) in [5.41, 5.74) is 1.13. The Hall–Kier alpha value is -2.62. The minimum absolute atomic E-state index is 0.159. The summed E-state index contributed by atoms with van der Waals surface area (Å²) in [6, 6.07) is 5.97. The van der Waals surface area contributed by atoms with Gasteiger partial charge in [0.15, 0.2) is 0 Å². The molecule has 124 valence electrons. The largest absolute Gasteiger partial charge is 0.430 e. The van der Waals surface area contributed by atoms with Gasteiger partial charge in [-0.25, -0.2) is 0 Å². The van der Waals surface area contributed by atoms with Crippen molar-refractivity contribution in [3.05, 3.63) is 58.5 Å². The van der Waals surface area contributed by atoms with Crippen molar-refractivity contribution in [2.24, 2.45) is 11.8 Å². The SMILES string of the molecule is CCc1ccc2c(c1)=C(OC(C)=O)C1C=CC=CC1C=2OC(C)=O. The van der Waals surface area contributed by atoms with Crippen molar-refractivity contribution in [1.82, 2.24) is 0 Å². The van der Waals surface area contributed by atoms with Gasteiger partial charge in [-0.2, -0.15) is 0 Å². The van der Waals surface area contributed by atoms with Crippen molar-refractivity contribution in [3.8, 4) is 0 Å². The molecular formula is C20H20O4. The zero-order valence-electron chi connectivity index (χ0n) is 14.0. The number of rotatable bonds is 3. The molecule has 0 N–H and O–H groups in total. The lowest BCUT2D eigenvalue weighted by atomic mass is 9.80. The quantitative estimate of drug-likeness (QED) is 0.798. The van der Waals surface area contributed by atoms with E-state index in [2.05, 4.69) is 6.92 Å². The van der Waals surface area contributed by atoms with E-state index in [9.17, 15) is 9.59 Å². The van der Waals surface area contributed by atoms with Crippen molar-refractivity contribution in [2.75, 3.05) is 0 Å². The summed E-state index contributed by atoms with van der Waals surface area (Å²) in [7, 11) is 0. The van der Waals surface area contributed by atoms with E-state index in [0.717, 1.165) is 22.4 Å². The molecule has 0 aromatic heterocycles. The van der Waals surface area contributed by atoms with Crippen LogP contribution in [0.5, 0.6) is 0 Å². The van der Waals surface area contributed by atoms with Crippen LogP contribution in [0.1, 0.15) is 26.3 Å². The summed E-state index contributed by atoms with van der Waals surface area (Å²) in [6.07, 6.45) is 8.66. The van der Waals surface area contributed by atoms with Gasteiger partial charge in [0.05, 0.1) is 0 Å². The monoisotopic (exact) mass is 324 g/mol. The minimum Gasteiger partial charge on any atom is -0.430 e. The van der Waals surface area contributed by atoms with Crippen molar-refractivity contribution >= 4 is 23.5 Å². The van der Waals surface area contributed by atoms with Gasteiger partial charge in [-0.15, -0.1) is 0 Å². The van der Waals surface area contributed by atoms with Crippen LogP contribution >= 0.6 is 0 Å². The van der Waals surface area contributed by atoms with Crippen molar-refractivity contribution < 1.29 is 19.1 Å². The smallest absolute Gasteiger partial charge is 0.307 e. The van der Waals surface area contributed by atoms with Gasteiger partial charge in [-0.1, -0.05) is 43.4 Å². The number of hydrogen-bond donors (Lipinski definition) is 0. The second kappa shape index (κ2) is 6.48. The van der Waals surface area contributed by atoms with Gasteiger partial charge in [0.2, 0.25) is 0 Å². The van der Waals surface area contributed by atoms with Gasteiger partial charge in [0, 0.05) is 36.1 Å². The van der Waals surface area contributed by atoms with E-state index in [1.54, 1.807) is 0 Å². The second-order valence-corrected chi connectivity index (χ2v) is 5.97. The zero-order chi connectivity index (χ0) is 17.3. The van der Waals surface area contributed by atoms with E-state index in [1.807, 2.05) is 42.5 Å². The van der Waals surface area contributed by atoms with Crippen LogP contribution in [-0.2, 0) is 25.5 Å². The molecule has 0 fully saturated rings. The molecule has 0 spiro atoms. The molecule has 2 unspecified atom stereocenters. The first-order chi connectivity index (χ1) is 11.5. The van der Waals surface area contributed by atoms with Crippen LogP contribution in [-0.4, -0.2) is 11.9 Å². The third-order valence-electron chi connectivity index (χ3n) is 4.27. The molecule has 0 saturated carbocycles. The Labute approximate surface area is 140 Å². The van der Waals surface area contributed by atoms with Gasteiger partial charge in [-0.3, -0.25) is 9.59 Å². The summed E-state index contributed by atoms with van der Waals surface area (Å²) in [5.74, 6) is 0.209. The lowest BCUT2D eigenvalue weighted by Gasteiger charge is -2.30. The average molecular weight is 324 g/mol. The standard InChI is InChI=1S/C20H20O4/c1-4-14-9-10-17-18(11-14)20(24-13(3)22)16-8-6-5-7-15(16)19(17)23-12(2)21/h5-11,15-16H,4H2,1-3H3. The summed E-state index contributed by atoms with van der Waals surface area (Å²) >= 11 is 0. The molecule has 1 aromatic rings. The van der Waals surface area contributed by atoms with E-state index >= 15 is 0 Å². The van der Waals surface area contributed by atoms with Crippen LogP contribution in [0.15, 0.2) is 42.5 Å². The molecule has 0 radical (unpaired) electrons. The van der Waals surface area contributed by atoms with E-state index < -0.39 is 0 Å². The van der Waals surface area contributed by atoms with E-state index in [4.69, 9.17) is 9.47 Å². The normalized spacial score (nSPS) is 21.1. The second-order valence-electron chi connectivity index (χ2n) is 5.97. The van der Waals surface area contributed by atoms with Crippen LogP contribution in [0, 0.1) is 11.8 Å². The molecule has 4 nitrogen and oxygen atoms in total. The van der Waals surface area contributed by atoms with Crippen LogP contribution in [0.4, 0.5) is 0 Å². The third-order valence-corrected chi connectivity index (χ3v) is 4.27. The molecule has 2 aliphatic rings. The fraction of sp³-hybridized carbons (Fsp3) is 0.300. The van der Waals surface area contributed by atoms with Gasteiger partial charge < -0.3 is 9.47 Å². The van der Waals surface area contributed by atoms with Crippen LogP contribution in [0.2, 0.25) is 0 Å². The molecule has 1 aromatic carbocycles. The lowest BCUT2D eigenvalue weighted by Crippen LogP contribution is -2.42. The topological polar surface area (TPSA) is 52.6 Å². The first kappa shape index (κ1) is 16.2. The molecule has 3 rings (SSSR count). The Morgan fingerprint density at radius 1 is 0.917 bits per heavy atom. The highest BCUT2D eigenvalue weighted by Gasteiger charge is 2.34. The van der Waals surface area contributed by atoms with Crippen LogP contribution in [0.3, 0.4) is 0 Å². The zero-order valence-corrected chi connectivity index (χ0v) is 14.0. The van der Waals surface area contributed by atoms with Crippen LogP contribution < -0.4 is 10.4 Å². The van der Waals surface area contributed by atoms with Gasteiger partial charge in [0.25, 0.3) is 0 Å². The molecule has 0 amide bonds. The van der Waals surface area contributed by atoms with E-state index in [-0.39, 0.29) is 23.8 Å². The highest BCUT2D eigenvalue weighted by Crippen LogP contribution is 2.35. The number of allylic oxidation sites excluding steroid dienone is 2. The Morgan fingerprint density at radius 2 is 1.46 bits per heavy atom. The first-order valence-corrected chi connectivity index (χ1v) is 8.10. The predicted octanol–water partition coefficient (Wildman–Crippen LogP) is 1.96. The van der Waals surface area contributed by atoms with Crippen molar-refractivity contribution in [3.63, 3.8) is 0 Å². The Bertz CT molecular complexity index is 873. The maximum atomic E-state index is 11.6. The number of carbonyl (C=O) groups excluding carboxylic acids is 2. The number of carbonyl (C=O) groups is 2. The molecule has 0 bridgehead atoms. The Balaban J connectivity index is 2.37. The summed E-state index contributed by atoms with van der Waals surface area (Å²) in [6.45, 7) is 4.87. The molecule has 0 heterocycles. The summed E-state index contributed by atoms with van der Waals surface area (Å²) in [5, 5.41) is 1.63. The summed E-state index contributed by atoms with van der Waals surface area (Å²) < 4.78 is 11.1. The molecule has 4 heteroatoms. The molecule has 2 atom stereocenters. The highest BCUT2D eigenvalue weighted by molar-refractivity contribution is 5.77. The average Bonchev–Trinajstić information content (AvgIpc) is 2.56. The number of fused-ring (bicyclic) bond motifs is 2. The van der Waals surface area contributed by atoms with Crippen molar-refractivity contribution in [1.29, 1.82) is 0 Å². The highest BCUT2D eigenvalue weighted by atomic mass is 16.5. The maximum absolute atomic E-state index is 11.6. The number of hydrogen-bond acceptors (Lipinski definition) is 4. The third kappa shape index (κ3) is 2.92. The van der Waals surface area contributed by atoms with Gasteiger partial charge in [-0.05, 0) is 18.1 Å². The number of esters is 2. The van der Waals surface area contributed by atoms with Crippen LogP contribution in [0.25, 0.3) is 11.5 Å². The first-order valence-electron chi connectivity index (χ1n) is 8.10. The fourth-order valence-electron chi connectivity index (χ4n) is 3.25. The van der Waals surface area contributed by atoms with Crippen molar-refractivity contribution in [2.45, 2.75) is 27.2 Å². The predicted molar refractivity (Wildman–Crippen MR) is 90.7 cm³/mol. The number of benzene rings is 1. The Kier molecular flexibility index (Phi) is 4.38. The molecule has 24 heavy (non-hydrogen) atoms. The molecule has 0 aliphatic heterocycles. The maximum Gasteiger partial charge on any atom is 0.307 e. The molecule has 0 saturated heterocycles. The van der Waals surface area contributed by atoms with E-state index in [0.29, 0.717) is 11.5 Å². The number of ether oxygens (including phenoxy) is 2.